The minimum atomic E-state index is -4.73. The van der Waals surface area contributed by atoms with Crippen LogP contribution in [0.15, 0.2) is 48.0 Å². The first-order valence-electron chi connectivity index (χ1n) is 8.88. The zero-order chi connectivity index (χ0) is 21.2. The molecule has 1 aliphatic heterocycles. The maximum absolute atomic E-state index is 13.5. The Morgan fingerprint density at radius 2 is 1.90 bits per heavy atom. The van der Waals surface area contributed by atoms with Crippen LogP contribution in [0.1, 0.15) is 35.2 Å². The molecule has 3 rings (SSSR count). The van der Waals surface area contributed by atoms with Crippen molar-refractivity contribution >= 4 is 12.0 Å². The van der Waals surface area contributed by atoms with Crippen LogP contribution in [0.3, 0.4) is 0 Å². The predicted octanol–water partition coefficient (Wildman–Crippen LogP) is 1.82. The third kappa shape index (κ3) is 5.11. The fourth-order valence-electron chi connectivity index (χ4n) is 3.06. The SMILES string of the molecule is Cc1cc(C)c2c(c1)C=C(C(=O)O[I-]N[C@@H](C)c1ccccc1)[C@H](C(F)(F)F)O2. The fraction of sp³-hybridized carbons (Fsp3) is 0.286. The first kappa shape index (κ1) is 21.6. The summed E-state index contributed by atoms with van der Waals surface area (Å²) in [6, 6.07) is 12.8. The number of hydrogen-bond acceptors (Lipinski definition) is 4. The molecule has 0 saturated heterocycles. The van der Waals surface area contributed by atoms with E-state index in [4.69, 9.17) is 7.80 Å². The number of fused-ring (bicyclic) bond motifs is 1. The number of rotatable bonds is 5. The van der Waals surface area contributed by atoms with Crippen molar-refractivity contribution in [1.29, 1.82) is 0 Å². The number of benzene rings is 2. The molecule has 0 fully saturated rings. The molecule has 0 radical (unpaired) electrons. The molecule has 0 saturated carbocycles. The van der Waals surface area contributed by atoms with Gasteiger partial charge in [0.05, 0.1) is 0 Å². The zero-order valence-corrected chi connectivity index (χ0v) is 18.2. The first-order chi connectivity index (χ1) is 13.7. The van der Waals surface area contributed by atoms with Crippen molar-refractivity contribution in [1.82, 2.24) is 3.53 Å². The van der Waals surface area contributed by atoms with Crippen LogP contribution in [-0.2, 0) is 7.86 Å². The van der Waals surface area contributed by atoms with Crippen LogP contribution in [0.5, 0.6) is 5.75 Å². The molecule has 0 unspecified atom stereocenters. The number of halogens is 4. The number of alkyl halides is 3. The van der Waals surface area contributed by atoms with Crippen molar-refractivity contribution in [3.05, 3.63) is 70.3 Å². The van der Waals surface area contributed by atoms with Gasteiger partial charge in [0.25, 0.3) is 0 Å². The molecule has 0 amide bonds. The molecule has 0 aliphatic carbocycles. The van der Waals surface area contributed by atoms with E-state index in [-0.39, 0.29) is 11.8 Å². The van der Waals surface area contributed by atoms with Gasteiger partial charge >= 0.3 is 178 Å². The summed E-state index contributed by atoms with van der Waals surface area (Å²) in [7, 11) is 0. The van der Waals surface area contributed by atoms with Gasteiger partial charge in [0, 0.05) is 0 Å². The molecule has 2 aromatic rings. The van der Waals surface area contributed by atoms with E-state index in [1.54, 1.807) is 19.1 Å². The number of carbonyl (C=O) groups is 1. The van der Waals surface area contributed by atoms with Gasteiger partial charge in [-0.25, -0.2) is 0 Å². The van der Waals surface area contributed by atoms with Crippen molar-refractivity contribution in [3.63, 3.8) is 0 Å². The van der Waals surface area contributed by atoms with Crippen LogP contribution >= 0.6 is 0 Å². The van der Waals surface area contributed by atoms with E-state index < -0.39 is 45.7 Å². The summed E-state index contributed by atoms with van der Waals surface area (Å²) in [5.41, 5.74) is 2.35. The quantitative estimate of drug-likeness (QED) is 0.485. The van der Waals surface area contributed by atoms with Gasteiger partial charge in [-0.05, 0) is 0 Å². The van der Waals surface area contributed by atoms with Gasteiger partial charge in [-0.2, -0.15) is 0 Å². The number of hydrogen-bond donors (Lipinski definition) is 1. The Hall–Kier alpha value is -2.07. The molecule has 29 heavy (non-hydrogen) atoms. The summed E-state index contributed by atoms with van der Waals surface area (Å²) in [4.78, 5) is 12.5. The Morgan fingerprint density at radius 1 is 1.21 bits per heavy atom. The molecule has 1 aliphatic rings. The topological polar surface area (TPSA) is 47.6 Å². The van der Waals surface area contributed by atoms with E-state index in [9.17, 15) is 18.0 Å². The van der Waals surface area contributed by atoms with Gasteiger partial charge in [0.2, 0.25) is 0 Å². The Balaban J connectivity index is 1.76. The number of nitrogens with one attached hydrogen (secondary N) is 1. The Kier molecular flexibility index (Phi) is 6.52. The Labute approximate surface area is 178 Å². The van der Waals surface area contributed by atoms with Crippen molar-refractivity contribution in [3.8, 4) is 5.75 Å². The second-order valence-corrected chi connectivity index (χ2v) is 8.33. The van der Waals surface area contributed by atoms with Crippen LogP contribution in [0.4, 0.5) is 13.2 Å². The molecule has 0 bridgehead atoms. The van der Waals surface area contributed by atoms with Gasteiger partial charge < -0.3 is 0 Å². The average molecular weight is 518 g/mol. The van der Waals surface area contributed by atoms with Crippen molar-refractivity contribution in [2.75, 3.05) is 0 Å². The molecule has 4 nitrogen and oxygen atoms in total. The molecular weight excluding hydrogens is 498 g/mol. The van der Waals surface area contributed by atoms with Crippen LogP contribution in [-0.4, -0.2) is 18.2 Å². The standard InChI is InChI=1S/C21H20F3INO3/c1-12-9-13(2)18-16(10-12)11-17(19(28-18)21(22,23)24)20(27)29-25-26-14(3)15-7-5-4-6-8-15/h4-11,14,19,26H,1-3H3/q-1/t14-,19+/m0/s1. The third-order valence-electron chi connectivity index (χ3n) is 4.43. The molecule has 1 N–H and O–H groups in total. The second kappa shape index (κ2) is 8.74. The average Bonchev–Trinajstić information content (AvgIpc) is 2.66. The van der Waals surface area contributed by atoms with Crippen molar-refractivity contribution in [2.24, 2.45) is 0 Å². The second-order valence-electron chi connectivity index (χ2n) is 6.82. The molecule has 8 heteroatoms. The van der Waals surface area contributed by atoms with E-state index in [1.165, 1.54) is 6.08 Å². The molecule has 0 aromatic heterocycles. The van der Waals surface area contributed by atoms with Gasteiger partial charge in [-0.3, -0.25) is 0 Å². The van der Waals surface area contributed by atoms with Crippen LogP contribution in [0.25, 0.3) is 6.08 Å². The summed E-state index contributed by atoms with van der Waals surface area (Å²) >= 11 is -1.31. The van der Waals surface area contributed by atoms with E-state index in [0.29, 0.717) is 11.1 Å². The van der Waals surface area contributed by atoms with Gasteiger partial charge in [0.1, 0.15) is 0 Å². The van der Waals surface area contributed by atoms with Crippen molar-refractivity contribution in [2.45, 2.75) is 39.1 Å². The number of ether oxygens (including phenoxy) is 1. The molecular formula is C21H20F3INO3-. The summed E-state index contributed by atoms with van der Waals surface area (Å²) in [6.07, 6.45) is -5.86. The Morgan fingerprint density at radius 3 is 2.55 bits per heavy atom. The number of aryl methyl sites for hydroxylation is 2. The maximum atomic E-state index is 13.5. The minimum absolute atomic E-state index is 0.0853. The van der Waals surface area contributed by atoms with E-state index in [1.807, 2.05) is 44.2 Å². The number of carbonyl (C=O) groups excluding carboxylic acids is 1. The molecule has 2 aromatic carbocycles. The van der Waals surface area contributed by atoms with E-state index in [0.717, 1.165) is 11.1 Å². The molecule has 1 heterocycles. The summed E-state index contributed by atoms with van der Waals surface area (Å²) in [6.45, 7) is 5.40. The monoisotopic (exact) mass is 518 g/mol. The zero-order valence-electron chi connectivity index (χ0n) is 16.0. The summed E-state index contributed by atoms with van der Waals surface area (Å²) < 4.78 is 54.1. The van der Waals surface area contributed by atoms with Gasteiger partial charge in [-0.15, -0.1) is 0 Å². The summed E-state index contributed by atoms with van der Waals surface area (Å²) in [5, 5.41) is 0. The fourth-order valence-corrected chi connectivity index (χ4v) is 4.38. The molecule has 2 atom stereocenters. The van der Waals surface area contributed by atoms with Crippen LogP contribution in [0.2, 0.25) is 0 Å². The van der Waals surface area contributed by atoms with Crippen LogP contribution in [0, 0.1) is 13.8 Å². The van der Waals surface area contributed by atoms with E-state index in [2.05, 4.69) is 3.53 Å². The van der Waals surface area contributed by atoms with Crippen LogP contribution < -0.4 is 30.2 Å². The van der Waals surface area contributed by atoms with Gasteiger partial charge in [0.15, 0.2) is 0 Å². The Bertz CT molecular complexity index is 929. The first-order valence-corrected chi connectivity index (χ1v) is 10.8. The predicted molar refractivity (Wildman–Crippen MR) is 98.4 cm³/mol. The van der Waals surface area contributed by atoms with Crippen molar-refractivity contribution < 1.29 is 47.7 Å². The van der Waals surface area contributed by atoms with Gasteiger partial charge in [-0.1, -0.05) is 0 Å². The third-order valence-corrected chi connectivity index (χ3v) is 6.23. The van der Waals surface area contributed by atoms with E-state index >= 15 is 0 Å². The molecule has 0 spiro atoms. The molecule has 156 valence electrons. The summed E-state index contributed by atoms with van der Waals surface area (Å²) in [5.74, 6) is -0.877. The normalized spacial score (nSPS) is 17.2.